The van der Waals surface area contributed by atoms with Crippen LogP contribution in [0, 0.1) is 0 Å². The Morgan fingerprint density at radius 2 is 2.26 bits per heavy atom. The number of nitrogens with one attached hydrogen (secondary N) is 1. The highest BCUT2D eigenvalue weighted by Gasteiger charge is 2.31. The zero-order valence-corrected chi connectivity index (χ0v) is 10.8. The summed E-state index contributed by atoms with van der Waals surface area (Å²) in [4.78, 5) is 37.6. The molecular weight excluding hydrogens is 254 g/mol. The molecule has 0 aliphatic carbocycles. The number of methoxy groups -OCH3 is 1. The number of carbonyl (C=O) groups is 3. The third-order valence-corrected chi connectivity index (χ3v) is 3.13. The van der Waals surface area contributed by atoms with Gasteiger partial charge in [-0.1, -0.05) is 0 Å². The van der Waals surface area contributed by atoms with Gasteiger partial charge in [0.1, 0.15) is 0 Å². The topological polar surface area (TPSA) is 88.2 Å². The van der Waals surface area contributed by atoms with E-state index in [-0.39, 0.29) is 18.5 Å². The predicted octanol–water partition coefficient (Wildman–Crippen LogP) is -1.59. The quantitative estimate of drug-likeness (QED) is 0.623. The first-order valence-electron chi connectivity index (χ1n) is 6.12. The van der Waals surface area contributed by atoms with Crippen molar-refractivity contribution >= 4 is 17.9 Å². The fourth-order valence-electron chi connectivity index (χ4n) is 2.11. The molecule has 19 heavy (non-hydrogen) atoms. The van der Waals surface area contributed by atoms with Crippen molar-refractivity contribution in [3.05, 3.63) is 0 Å². The van der Waals surface area contributed by atoms with Crippen LogP contribution in [0.15, 0.2) is 0 Å². The monoisotopic (exact) mass is 271 g/mol. The third kappa shape index (κ3) is 3.21. The molecule has 2 fully saturated rings. The molecular formula is C11H17N3O5. The smallest absolute Gasteiger partial charge is 0.336 e. The molecule has 1 atom stereocenters. The van der Waals surface area contributed by atoms with Gasteiger partial charge in [-0.2, -0.15) is 0 Å². The van der Waals surface area contributed by atoms with Crippen molar-refractivity contribution in [2.75, 3.05) is 46.4 Å². The average molecular weight is 271 g/mol. The van der Waals surface area contributed by atoms with Gasteiger partial charge in [0.25, 0.3) is 0 Å². The lowest BCUT2D eigenvalue weighted by molar-refractivity contribution is -0.160. The van der Waals surface area contributed by atoms with Gasteiger partial charge < -0.3 is 14.8 Å². The van der Waals surface area contributed by atoms with E-state index in [0.717, 1.165) is 0 Å². The molecule has 1 unspecified atom stereocenters. The lowest BCUT2D eigenvalue weighted by Crippen LogP contribution is -2.50. The molecule has 0 radical (unpaired) electrons. The number of hydrogen-bond acceptors (Lipinski definition) is 6. The van der Waals surface area contributed by atoms with Crippen LogP contribution >= 0.6 is 0 Å². The van der Waals surface area contributed by atoms with Gasteiger partial charge in [-0.05, 0) is 0 Å². The first kappa shape index (κ1) is 13.8. The molecule has 3 amide bonds. The van der Waals surface area contributed by atoms with Crippen LogP contribution in [0.4, 0.5) is 4.79 Å². The summed E-state index contributed by atoms with van der Waals surface area (Å²) in [6.07, 6.45) is -0.668. The Hall–Kier alpha value is -1.67. The first-order valence-corrected chi connectivity index (χ1v) is 6.12. The Kier molecular flexibility index (Phi) is 4.33. The van der Waals surface area contributed by atoms with Gasteiger partial charge in [-0.3, -0.25) is 14.6 Å². The maximum atomic E-state index is 11.9. The van der Waals surface area contributed by atoms with Crippen molar-refractivity contribution in [3.63, 3.8) is 0 Å². The molecule has 0 aromatic rings. The number of nitrogens with zero attached hydrogens (tertiary/aromatic N) is 2. The van der Waals surface area contributed by atoms with E-state index in [4.69, 9.17) is 4.74 Å². The van der Waals surface area contributed by atoms with E-state index in [1.54, 1.807) is 4.90 Å². The van der Waals surface area contributed by atoms with Crippen LogP contribution in [-0.2, 0) is 19.1 Å². The summed E-state index contributed by atoms with van der Waals surface area (Å²) in [5.41, 5.74) is 0. The van der Waals surface area contributed by atoms with E-state index < -0.39 is 12.1 Å². The first-order chi connectivity index (χ1) is 9.11. The van der Waals surface area contributed by atoms with Gasteiger partial charge in [0, 0.05) is 26.2 Å². The van der Waals surface area contributed by atoms with Gasteiger partial charge in [0.2, 0.25) is 5.91 Å². The third-order valence-electron chi connectivity index (χ3n) is 3.13. The van der Waals surface area contributed by atoms with Crippen LogP contribution in [-0.4, -0.2) is 80.3 Å². The predicted molar refractivity (Wildman–Crippen MR) is 63.3 cm³/mol. The highest BCUT2D eigenvalue weighted by molar-refractivity contribution is 5.96. The van der Waals surface area contributed by atoms with Gasteiger partial charge in [-0.25, -0.2) is 9.59 Å². The molecule has 0 aromatic heterocycles. The Bertz CT molecular complexity index is 387. The molecule has 2 saturated heterocycles. The van der Waals surface area contributed by atoms with Crippen LogP contribution < -0.4 is 5.32 Å². The fourth-order valence-corrected chi connectivity index (χ4v) is 2.11. The van der Waals surface area contributed by atoms with E-state index in [2.05, 4.69) is 10.1 Å². The minimum absolute atomic E-state index is 0.101. The Labute approximate surface area is 110 Å². The van der Waals surface area contributed by atoms with Gasteiger partial charge in [0.05, 0.1) is 20.3 Å². The molecule has 2 aliphatic heterocycles. The normalized spacial score (nSPS) is 24.2. The van der Waals surface area contributed by atoms with E-state index >= 15 is 0 Å². The Morgan fingerprint density at radius 1 is 1.47 bits per heavy atom. The second kappa shape index (κ2) is 5.98. The van der Waals surface area contributed by atoms with Crippen molar-refractivity contribution < 1.29 is 23.9 Å². The largest absolute Gasteiger partial charge is 0.467 e. The van der Waals surface area contributed by atoms with Crippen LogP contribution in [0.2, 0.25) is 0 Å². The lowest BCUT2D eigenvalue weighted by Gasteiger charge is -2.31. The maximum absolute atomic E-state index is 11.9. The summed E-state index contributed by atoms with van der Waals surface area (Å²) < 4.78 is 9.88. The summed E-state index contributed by atoms with van der Waals surface area (Å²) in [5, 5.41) is 2.57. The Balaban J connectivity index is 1.86. The molecule has 2 rings (SSSR count). The van der Waals surface area contributed by atoms with Crippen molar-refractivity contribution in [1.29, 1.82) is 0 Å². The second-order valence-corrected chi connectivity index (χ2v) is 4.40. The number of amides is 3. The second-order valence-electron chi connectivity index (χ2n) is 4.40. The number of morpholine rings is 1. The minimum Gasteiger partial charge on any atom is -0.467 e. The number of ether oxygens (including phenoxy) is 2. The van der Waals surface area contributed by atoms with Gasteiger partial charge in [0.15, 0.2) is 6.10 Å². The number of rotatable bonds is 3. The number of urea groups is 1. The SMILES string of the molecule is COC(=O)C1CN(CC(=O)N2CCNC2=O)CCO1. The minimum atomic E-state index is -0.668. The molecule has 0 saturated carbocycles. The molecule has 106 valence electrons. The fraction of sp³-hybridized carbons (Fsp3) is 0.727. The molecule has 2 aliphatic rings. The standard InChI is InChI=1S/C11H17N3O5/c1-18-10(16)8-6-13(4-5-19-8)7-9(15)14-3-2-12-11(14)17/h8H,2-7H2,1H3,(H,12,17). The van der Waals surface area contributed by atoms with Crippen molar-refractivity contribution in [3.8, 4) is 0 Å². The molecule has 0 aromatic carbocycles. The van der Waals surface area contributed by atoms with E-state index in [9.17, 15) is 14.4 Å². The number of imide groups is 1. The number of esters is 1. The van der Waals surface area contributed by atoms with Crippen LogP contribution in [0.3, 0.4) is 0 Å². The van der Waals surface area contributed by atoms with E-state index in [0.29, 0.717) is 32.8 Å². The van der Waals surface area contributed by atoms with Crippen molar-refractivity contribution in [1.82, 2.24) is 15.1 Å². The zero-order chi connectivity index (χ0) is 13.8. The zero-order valence-electron chi connectivity index (χ0n) is 10.8. The Morgan fingerprint density at radius 3 is 2.89 bits per heavy atom. The summed E-state index contributed by atoms with van der Waals surface area (Å²) in [6, 6.07) is -0.359. The van der Waals surface area contributed by atoms with Crippen LogP contribution in [0.25, 0.3) is 0 Å². The summed E-state index contributed by atoms with van der Waals surface area (Å²) in [6.45, 7) is 2.19. The maximum Gasteiger partial charge on any atom is 0.336 e. The highest BCUT2D eigenvalue weighted by atomic mass is 16.6. The van der Waals surface area contributed by atoms with Crippen molar-refractivity contribution in [2.45, 2.75) is 6.10 Å². The number of hydrogen-bond donors (Lipinski definition) is 1. The average Bonchev–Trinajstić information content (AvgIpc) is 2.84. The van der Waals surface area contributed by atoms with Gasteiger partial charge in [-0.15, -0.1) is 0 Å². The van der Waals surface area contributed by atoms with Crippen LogP contribution in [0.1, 0.15) is 0 Å². The summed E-state index contributed by atoms with van der Waals surface area (Å²) >= 11 is 0. The lowest BCUT2D eigenvalue weighted by atomic mass is 10.2. The molecule has 8 nitrogen and oxygen atoms in total. The summed E-state index contributed by atoms with van der Waals surface area (Å²) in [7, 11) is 1.30. The molecule has 8 heteroatoms. The van der Waals surface area contributed by atoms with Gasteiger partial charge >= 0.3 is 12.0 Å². The molecule has 2 heterocycles. The summed E-state index contributed by atoms with van der Waals surface area (Å²) in [5.74, 6) is -0.711. The molecule has 0 bridgehead atoms. The van der Waals surface area contributed by atoms with E-state index in [1.165, 1.54) is 12.0 Å². The van der Waals surface area contributed by atoms with Crippen molar-refractivity contribution in [2.24, 2.45) is 0 Å². The molecule has 1 N–H and O–H groups in total. The number of carbonyl (C=O) groups excluding carboxylic acids is 3. The highest BCUT2D eigenvalue weighted by Crippen LogP contribution is 2.08. The van der Waals surface area contributed by atoms with Crippen LogP contribution in [0.5, 0.6) is 0 Å². The van der Waals surface area contributed by atoms with E-state index in [1.807, 2.05) is 0 Å². The molecule has 0 spiro atoms.